The van der Waals surface area contributed by atoms with Gasteiger partial charge in [0, 0.05) is 29.6 Å². The van der Waals surface area contributed by atoms with Crippen molar-refractivity contribution in [2.45, 2.75) is 18.5 Å². The van der Waals surface area contributed by atoms with Gasteiger partial charge in [0.2, 0.25) is 11.8 Å². The van der Waals surface area contributed by atoms with Crippen molar-refractivity contribution in [2.75, 3.05) is 23.7 Å². The molecule has 2 amide bonds. The Bertz CT molecular complexity index is 759. The van der Waals surface area contributed by atoms with Gasteiger partial charge < -0.3 is 27.0 Å². The molecule has 0 saturated carbocycles. The van der Waals surface area contributed by atoms with Crippen molar-refractivity contribution < 1.29 is 9.59 Å². The lowest BCUT2D eigenvalue weighted by atomic mass is 10.1. The molecule has 1 fully saturated rings. The fourth-order valence-corrected chi connectivity index (χ4v) is 2.89. The highest BCUT2D eigenvalue weighted by Crippen LogP contribution is 2.19. The van der Waals surface area contributed by atoms with E-state index in [0.717, 1.165) is 17.1 Å². The Morgan fingerprint density at radius 3 is 2.21 bits per heavy atom. The van der Waals surface area contributed by atoms with E-state index in [2.05, 4.69) is 21.3 Å². The van der Waals surface area contributed by atoms with Crippen molar-refractivity contribution in [1.82, 2.24) is 10.6 Å². The van der Waals surface area contributed by atoms with Crippen LogP contribution in [0.2, 0.25) is 0 Å². The second-order valence-electron chi connectivity index (χ2n) is 6.22. The quantitative estimate of drug-likeness (QED) is 0.486. The van der Waals surface area contributed by atoms with Gasteiger partial charge in [0.1, 0.15) is 0 Å². The zero-order chi connectivity index (χ0) is 18.4. The molecule has 152 valence electrons. The lowest BCUT2D eigenvalue weighted by molar-refractivity contribution is -0.121. The molecule has 2 aromatic rings. The maximum atomic E-state index is 12.4. The molecule has 0 aromatic heterocycles. The minimum atomic E-state index is -0.333. The van der Waals surface area contributed by atoms with Crippen LogP contribution in [0.4, 0.5) is 17.1 Å². The number of amides is 2. The standard InChI is InChI=1S/C19H23N5O2.2ClH/c20-11-18(25)23-16-10-17(21-12-16)19(26)24-15-8-6-14(7-9-15)22-13-4-2-1-3-5-13;;/h1-9,16-17,21-22H,10-12,20H2,(H,23,25)(H,24,26);2*1H/t16-,17+;;/m1../s1. The third kappa shape index (κ3) is 6.69. The molecule has 28 heavy (non-hydrogen) atoms. The van der Waals surface area contributed by atoms with E-state index in [-0.39, 0.29) is 55.3 Å². The topological polar surface area (TPSA) is 108 Å². The van der Waals surface area contributed by atoms with Crippen LogP contribution in [0.25, 0.3) is 0 Å². The molecule has 2 aromatic carbocycles. The summed E-state index contributed by atoms with van der Waals surface area (Å²) in [7, 11) is 0. The molecule has 3 rings (SSSR count). The summed E-state index contributed by atoms with van der Waals surface area (Å²) in [6.07, 6.45) is 0.547. The highest BCUT2D eigenvalue weighted by Gasteiger charge is 2.30. The van der Waals surface area contributed by atoms with E-state index in [9.17, 15) is 9.59 Å². The van der Waals surface area contributed by atoms with Crippen LogP contribution in [0.3, 0.4) is 0 Å². The number of anilines is 3. The molecule has 0 radical (unpaired) electrons. The van der Waals surface area contributed by atoms with Crippen LogP contribution < -0.4 is 27.0 Å². The summed E-state index contributed by atoms with van der Waals surface area (Å²) in [6.45, 7) is 0.514. The summed E-state index contributed by atoms with van der Waals surface area (Å²) in [5.41, 5.74) is 7.96. The summed E-state index contributed by atoms with van der Waals surface area (Å²) in [6, 6.07) is 17.0. The second kappa shape index (κ2) is 11.5. The van der Waals surface area contributed by atoms with E-state index in [1.807, 2.05) is 54.6 Å². The maximum Gasteiger partial charge on any atom is 0.241 e. The summed E-state index contributed by atoms with van der Waals surface area (Å²) < 4.78 is 0. The summed E-state index contributed by atoms with van der Waals surface area (Å²) in [4.78, 5) is 23.7. The Labute approximate surface area is 176 Å². The zero-order valence-corrected chi connectivity index (χ0v) is 16.8. The highest BCUT2D eigenvalue weighted by atomic mass is 35.5. The Balaban J connectivity index is 0.00000196. The molecular weight excluding hydrogens is 401 g/mol. The number of carbonyl (C=O) groups is 2. The Hall–Kier alpha value is -2.32. The molecule has 2 atom stereocenters. The Morgan fingerprint density at radius 1 is 0.964 bits per heavy atom. The fraction of sp³-hybridized carbons (Fsp3) is 0.263. The van der Waals surface area contributed by atoms with Crippen molar-refractivity contribution in [3.63, 3.8) is 0 Å². The third-order valence-corrected chi connectivity index (χ3v) is 4.21. The maximum absolute atomic E-state index is 12.4. The largest absolute Gasteiger partial charge is 0.356 e. The first-order valence-electron chi connectivity index (χ1n) is 8.60. The third-order valence-electron chi connectivity index (χ3n) is 4.21. The van der Waals surface area contributed by atoms with Gasteiger partial charge in [-0.3, -0.25) is 9.59 Å². The van der Waals surface area contributed by atoms with Gasteiger partial charge in [0.15, 0.2) is 0 Å². The first-order valence-corrected chi connectivity index (χ1v) is 8.60. The van der Waals surface area contributed by atoms with Gasteiger partial charge in [-0.15, -0.1) is 24.8 Å². The second-order valence-corrected chi connectivity index (χ2v) is 6.22. The average Bonchev–Trinajstić information content (AvgIpc) is 3.12. The Kier molecular flexibility index (Phi) is 9.75. The number of hydrogen-bond donors (Lipinski definition) is 5. The van der Waals surface area contributed by atoms with Crippen LogP contribution in [-0.4, -0.2) is 37.0 Å². The lowest BCUT2D eigenvalue weighted by Gasteiger charge is -2.13. The van der Waals surface area contributed by atoms with E-state index >= 15 is 0 Å². The minimum absolute atomic E-state index is 0. The van der Waals surface area contributed by atoms with Gasteiger partial charge >= 0.3 is 0 Å². The van der Waals surface area contributed by atoms with E-state index in [0.29, 0.717) is 13.0 Å². The molecule has 0 bridgehead atoms. The fourth-order valence-electron chi connectivity index (χ4n) is 2.89. The Morgan fingerprint density at radius 2 is 1.57 bits per heavy atom. The first kappa shape index (κ1) is 23.7. The van der Waals surface area contributed by atoms with Crippen molar-refractivity contribution in [1.29, 1.82) is 0 Å². The molecule has 1 heterocycles. The number of para-hydroxylation sites is 1. The molecule has 7 nitrogen and oxygen atoms in total. The monoisotopic (exact) mass is 425 g/mol. The molecule has 0 aliphatic carbocycles. The van der Waals surface area contributed by atoms with Crippen LogP contribution >= 0.6 is 24.8 Å². The van der Waals surface area contributed by atoms with Gasteiger partial charge in [0.25, 0.3) is 0 Å². The van der Waals surface area contributed by atoms with Crippen LogP contribution in [0, 0.1) is 0 Å². The first-order chi connectivity index (χ1) is 12.6. The predicted molar refractivity (Wildman–Crippen MR) is 117 cm³/mol. The number of rotatable bonds is 6. The van der Waals surface area contributed by atoms with Crippen LogP contribution in [0.1, 0.15) is 6.42 Å². The SMILES string of the molecule is Cl.Cl.NCC(=O)N[C@H]1CN[C@H](C(=O)Nc2ccc(Nc3ccccc3)cc2)C1. The van der Waals surface area contributed by atoms with Gasteiger partial charge in [-0.2, -0.15) is 0 Å². The highest BCUT2D eigenvalue weighted by molar-refractivity contribution is 5.95. The number of hydrogen-bond acceptors (Lipinski definition) is 5. The molecule has 0 spiro atoms. The van der Waals surface area contributed by atoms with E-state index < -0.39 is 0 Å². The molecular formula is C19H25Cl2N5O2. The van der Waals surface area contributed by atoms with E-state index in [1.165, 1.54) is 0 Å². The molecule has 1 aliphatic rings. The number of nitrogens with two attached hydrogens (primary N) is 1. The van der Waals surface area contributed by atoms with Gasteiger partial charge in [-0.1, -0.05) is 18.2 Å². The molecule has 1 saturated heterocycles. The summed E-state index contributed by atoms with van der Waals surface area (Å²) in [5, 5.41) is 12.1. The number of benzene rings is 2. The number of nitrogens with one attached hydrogen (secondary N) is 4. The van der Waals surface area contributed by atoms with Crippen LogP contribution in [0.15, 0.2) is 54.6 Å². The van der Waals surface area contributed by atoms with Crippen LogP contribution in [0.5, 0.6) is 0 Å². The van der Waals surface area contributed by atoms with E-state index in [1.54, 1.807) is 0 Å². The van der Waals surface area contributed by atoms with E-state index in [4.69, 9.17) is 5.73 Å². The van der Waals surface area contributed by atoms with Crippen LogP contribution in [-0.2, 0) is 9.59 Å². The lowest BCUT2D eigenvalue weighted by Crippen LogP contribution is -2.39. The van der Waals surface area contributed by atoms with Gasteiger partial charge in [-0.05, 0) is 42.8 Å². The number of halogens is 2. The molecule has 6 N–H and O–H groups in total. The van der Waals surface area contributed by atoms with Crippen molar-refractivity contribution >= 4 is 53.7 Å². The smallest absolute Gasteiger partial charge is 0.241 e. The average molecular weight is 426 g/mol. The molecule has 1 aliphatic heterocycles. The minimum Gasteiger partial charge on any atom is -0.356 e. The molecule has 9 heteroatoms. The number of carbonyl (C=O) groups excluding carboxylic acids is 2. The summed E-state index contributed by atoms with van der Waals surface area (Å²) >= 11 is 0. The zero-order valence-electron chi connectivity index (χ0n) is 15.2. The predicted octanol–water partition coefficient (Wildman–Crippen LogP) is 2.02. The summed E-state index contributed by atoms with van der Waals surface area (Å²) in [5.74, 6) is -0.322. The van der Waals surface area contributed by atoms with Gasteiger partial charge in [0.05, 0.1) is 12.6 Å². The normalized spacial score (nSPS) is 17.6. The van der Waals surface area contributed by atoms with Crippen molar-refractivity contribution in [2.24, 2.45) is 5.73 Å². The van der Waals surface area contributed by atoms with Crippen molar-refractivity contribution in [3.05, 3.63) is 54.6 Å². The molecule has 0 unspecified atom stereocenters. The van der Waals surface area contributed by atoms with Gasteiger partial charge in [-0.25, -0.2) is 0 Å². The van der Waals surface area contributed by atoms with Crippen molar-refractivity contribution in [3.8, 4) is 0 Å².